The van der Waals surface area contributed by atoms with Crippen LogP contribution in [0.2, 0.25) is 5.02 Å². The Labute approximate surface area is 159 Å². The maximum absolute atomic E-state index is 11.1. The van der Waals surface area contributed by atoms with Crippen LogP contribution in [0, 0.1) is 10.1 Å². The van der Waals surface area contributed by atoms with Gasteiger partial charge in [0, 0.05) is 28.3 Å². The van der Waals surface area contributed by atoms with Gasteiger partial charge in [-0.2, -0.15) is 0 Å². The van der Waals surface area contributed by atoms with Gasteiger partial charge in [0.25, 0.3) is 5.69 Å². The minimum absolute atomic E-state index is 0.0583. The highest BCUT2D eigenvalue weighted by Gasteiger charge is 2.25. The summed E-state index contributed by atoms with van der Waals surface area (Å²) >= 11 is 6.17. The minimum atomic E-state index is -0.696. The van der Waals surface area contributed by atoms with Crippen molar-refractivity contribution in [2.45, 2.75) is 19.5 Å². The Balaban J connectivity index is 1.61. The fraction of sp³-hybridized carbons (Fsp3) is 0.333. The number of nitro groups is 1. The average molecular weight is 394 g/mol. The normalized spacial score (nSPS) is 16.6. The molecule has 0 amide bonds. The lowest BCUT2D eigenvalue weighted by molar-refractivity contribution is -0.385. The number of nitrogens with zero attached hydrogens (tertiary/aromatic N) is 1. The van der Waals surface area contributed by atoms with Crippen LogP contribution >= 0.6 is 11.6 Å². The van der Waals surface area contributed by atoms with Crippen molar-refractivity contribution in [2.75, 3.05) is 20.0 Å². The molecule has 0 unspecified atom stereocenters. The van der Waals surface area contributed by atoms with Gasteiger partial charge in [0.15, 0.2) is 13.1 Å². The Morgan fingerprint density at radius 2 is 2.04 bits per heavy atom. The standard InChI is InChI=1S/C18H16ClNO7/c19-13-5-11-8-23-10-27-17(11)12(6-13)9-26-16-2-1-14(20(21)22)7-15(16)18-24-3-4-25-18/h1-2,5-7,18H,3-4,8-10H2. The number of rotatable bonds is 5. The molecule has 2 aliphatic heterocycles. The first-order valence-electron chi connectivity index (χ1n) is 8.28. The van der Waals surface area contributed by atoms with Gasteiger partial charge in [0.1, 0.15) is 18.1 Å². The zero-order valence-corrected chi connectivity index (χ0v) is 14.9. The smallest absolute Gasteiger partial charge is 0.270 e. The number of ether oxygens (including phenoxy) is 5. The Kier molecular flexibility index (Phi) is 5.13. The molecular weight excluding hydrogens is 378 g/mol. The third-order valence-electron chi connectivity index (χ3n) is 4.21. The molecule has 2 aromatic rings. The van der Waals surface area contributed by atoms with Crippen LogP contribution in [0.4, 0.5) is 5.69 Å². The molecule has 0 aliphatic carbocycles. The summed E-state index contributed by atoms with van der Waals surface area (Å²) in [6.07, 6.45) is -0.696. The molecule has 0 spiro atoms. The first-order chi connectivity index (χ1) is 13.1. The van der Waals surface area contributed by atoms with Crippen LogP contribution < -0.4 is 9.47 Å². The second-order valence-corrected chi connectivity index (χ2v) is 6.44. The van der Waals surface area contributed by atoms with Crippen molar-refractivity contribution in [3.8, 4) is 11.5 Å². The number of hydrogen-bond donors (Lipinski definition) is 0. The van der Waals surface area contributed by atoms with E-state index in [1.165, 1.54) is 12.1 Å². The largest absolute Gasteiger partial charge is 0.488 e. The van der Waals surface area contributed by atoms with E-state index in [0.717, 1.165) is 11.1 Å². The van der Waals surface area contributed by atoms with Gasteiger partial charge in [-0.25, -0.2) is 0 Å². The fourth-order valence-corrected chi connectivity index (χ4v) is 3.29. The summed E-state index contributed by atoms with van der Waals surface area (Å²) in [5, 5.41) is 11.6. The summed E-state index contributed by atoms with van der Waals surface area (Å²) in [4.78, 5) is 10.6. The quantitative estimate of drug-likeness (QED) is 0.564. The summed E-state index contributed by atoms with van der Waals surface area (Å²) in [6.45, 7) is 1.58. The lowest BCUT2D eigenvalue weighted by atomic mass is 10.1. The number of nitro benzene ring substituents is 1. The van der Waals surface area contributed by atoms with E-state index in [2.05, 4.69) is 0 Å². The first-order valence-corrected chi connectivity index (χ1v) is 8.66. The van der Waals surface area contributed by atoms with Crippen LogP contribution in [0.25, 0.3) is 0 Å². The molecular formula is C18H16ClNO7. The van der Waals surface area contributed by atoms with Crippen molar-refractivity contribution in [3.63, 3.8) is 0 Å². The SMILES string of the molecule is O=[N+]([O-])c1ccc(OCc2cc(Cl)cc3c2OCOC3)c(C2OCCO2)c1. The van der Waals surface area contributed by atoms with Crippen molar-refractivity contribution in [1.29, 1.82) is 0 Å². The highest BCUT2D eigenvalue weighted by atomic mass is 35.5. The van der Waals surface area contributed by atoms with E-state index in [-0.39, 0.29) is 19.1 Å². The van der Waals surface area contributed by atoms with Crippen molar-refractivity contribution in [1.82, 2.24) is 0 Å². The van der Waals surface area contributed by atoms with Gasteiger partial charge in [-0.05, 0) is 18.2 Å². The van der Waals surface area contributed by atoms with Crippen LogP contribution in [0.5, 0.6) is 11.5 Å². The molecule has 2 aliphatic rings. The molecule has 9 heteroatoms. The van der Waals surface area contributed by atoms with Gasteiger partial charge < -0.3 is 23.7 Å². The van der Waals surface area contributed by atoms with E-state index < -0.39 is 11.2 Å². The van der Waals surface area contributed by atoms with Gasteiger partial charge >= 0.3 is 0 Å². The highest BCUT2D eigenvalue weighted by molar-refractivity contribution is 6.30. The lowest BCUT2D eigenvalue weighted by Gasteiger charge is -2.22. The summed E-state index contributed by atoms with van der Waals surface area (Å²) in [5.74, 6) is 1.12. The van der Waals surface area contributed by atoms with Gasteiger partial charge in [-0.3, -0.25) is 10.1 Å². The average Bonchev–Trinajstić information content (AvgIpc) is 3.20. The third kappa shape index (κ3) is 3.84. The number of benzene rings is 2. The maximum atomic E-state index is 11.1. The molecule has 0 atom stereocenters. The molecule has 0 saturated carbocycles. The summed E-state index contributed by atoms with van der Waals surface area (Å²) in [6, 6.07) is 7.88. The Hall–Kier alpha value is -2.39. The molecule has 8 nitrogen and oxygen atoms in total. The number of fused-ring (bicyclic) bond motifs is 1. The zero-order valence-electron chi connectivity index (χ0n) is 14.2. The highest BCUT2D eigenvalue weighted by Crippen LogP contribution is 2.36. The molecule has 0 radical (unpaired) electrons. The molecule has 0 aromatic heterocycles. The van der Waals surface area contributed by atoms with Crippen molar-refractivity contribution in [3.05, 3.63) is 62.2 Å². The molecule has 4 rings (SSSR count). The summed E-state index contributed by atoms with van der Waals surface area (Å²) < 4.78 is 27.8. The molecule has 2 aromatic carbocycles. The fourth-order valence-electron chi connectivity index (χ4n) is 3.02. The molecule has 0 N–H and O–H groups in total. The molecule has 142 valence electrons. The molecule has 2 heterocycles. The monoisotopic (exact) mass is 393 g/mol. The van der Waals surface area contributed by atoms with Crippen LogP contribution in [-0.4, -0.2) is 24.9 Å². The Morgan fingerprint density at radius 1 is 1.22 bits per heavy atom. The van der Waals surface area contributed by atoms with E-state index in [1.54, 1.807) is 18.2 Å². The predicted molar refractivity (Wildman–Crippen MR) is 93.8 cm³/mol. The van der Waals surface area contributed by atoms with Crippen LogP contribution in [0.15, 0.2) is 30.3 Å². The summed E-state index contributed by atoms with van der Waals surface area (Å²) in [5.41, 5.74) is 2.02. The summed E-state index contributed by atoms with van der Waals surface area (Å²) in [7, 11) is 0. The van der Waals surface area contributed by atoms with Gasteiger partial charge in [-0.15, -0.1) is 0 Å². The topological polar surface area (TPSA) is 89.3 Å². The van der Waals surface area contributed by atoms with Crippen molar-refractivity contribution in [2.24, 2.45) is 0 Å². The number of non-ortho nitro benzene ring substituents is 1. The predicted octanol–water partition coefficient (Wildman–Crippen LogP) is 3.74. The number of hydrogen-bond acceptors (Lipinski definition) is 7. The Bertz CT molecular complexity index is 867. The van der Waals surface area contributed by atoms with Crippen molar-refractivity contribution < 1.29 is 28.6 Å². The van der Waals surface area contributed by atoms with Gasteiger partial charge in [-0.1, -0.05) is 11.6 Å². The van der Waals surface area contributed by atoms with Crippen LogP contribution in [0.1, 0.15) is 23.0 Å². The second kappa shape index (κ2) is 7.69. The zero-order chi connectivity index (χ0) is 18.8. The van der Waals surface area contributed by atoms with Crippen molar-refractivity contribution >= 4 is 17.3 Å². The molecule has 27 heavy (non-hydrogen) atoms. The molecule has 1 fully saturated rings. The molecule has 1 saturated heterocycles. The van der Waals surface area contributed by atoms with Crippen LogP contribution in [0.3, 0.4) is 0 Å². The molecule has 0 bridgehead atoms. The van der Waals surface area contributed by atoms with Gasteiger partial charge in [0.05, 0.1) is 30.3 Å². The minimum Gasteiger partial charge on any atom is -0.488 e. The van der Waals surface area contributed by atoms with E-state index in [4.69, 9.17) is 35.3 Å². The van der Waals surface area contributed by atoms with E-state index in [0.29, 0.717) is 41.9 Å². The maximum Gasteiger partial charge on any atom is 0.270 e. The van der Waals surface area contributed by atoms with Gasteiger partial charge in [0.2, 0.25) is 0 Å². The first kappa shape index (κ1) is 18.0. The van der Waals surface area contributed by atoms with E-state index in [9.17, 15) is 10.1 Å². The van der Waals surface area contributed by atoms with E-state index >= 15 is 0 Å². The second-order valence-electron chi connectivity index (χ2n) is 6.01. The van der Waals surface area contributed by atoms with E-state index in [1.807, 2.05) is 0 Å². The number of halogens is 1. The Morgan fingerprint density at radius 3 is 2.81 bits per heavy atom. The lowest BCUT2D eigenvalue weighted by Crippen LogP contribution is -2.14. The van der Waals surface area contributed by atoms with Crippen LogP contribution in [-0.2, 0) is 27.4 Å². The third-order valence-corrected chi connectivity index (χ3v) is 4.43.